The van der Waals surface area contributed by atoms with Crippen LogP contribution in [0.25, 0.3) is 0 Å². The van der Waals surface area contributed by atoms with Gasteiger partial charge in [0.1, 0.15) is 16.5 Å². The standard InChI is InChI=1S/C21H26FN3O5S2/c1-30-20-9-8-19(25-10-2-3-15-31(25,26)27)16-21(20)32(28,29)24-13-11-23(12-14-24)18-6-4-17(22)5-7-18/h4-9,16H,2-3,10-15H2,1H3. The van der Waals surface area contributed by atoms with Gasteiger partial charge in [0.05, 0.1) is 18.6 Å². The summed E-state index contributed by atoms with van der Waals surface area (Å²) in [4.78, 5) is 1.95. The second-order valence-electron chi connectivity index (χ2n) is 7.80. The van der Waals surface area contributed by atoms with E-state index in [-0.39, 0.29) is 35.3 Å². The molecule has 32 heavy (non-hydrogen) atoms. The van der Waals surface area contributed by atoms with Gasteiger partial charge in [0.25, 0.3) is 0 Å². The van der Waals surface area contributed by atoms with Crippen molar-refractivity contribution >= 4 is 31.4 Å². The second-order valence-corrected chi connectivity index (χ2v) is 11.7. The lowest BCUT2D eigenvalue weighted by atomic mass is 10.2. The molecule has 11 heteroatoms. The molecule has 0 atom stereocenters. The van der Waals surface area contributed by atoms with E-state index in [2.05, 4.69) is 0 Å². The molecule has 0 radical (unpaired) electrons. The number of nitrogens with zero attached hydrogens (tertiary/aromatic N) is 3. The number of halogens is 1. The molecule has 2 fully saturated rings. The Balaban J connectivity index is 1.58. The summed E-state index contributed by atoms with van der Waals surface area (Å²) in [6.45, 7) is 1.72. The lowest BCUT2D eigenvalue weighted by molar-refractivity contribution is 0.374. The molecule has 2 aliphatic rings. The van der Waals surface area contributed by atoms with Crippen LogP contribution in [0.5, 0.6) is 5.75 Å². The Hall–Kier alpha value is -2.37. The number of piperazine rings is 1. The molecular weight excluding hydrogens is 457 g/mol. The highest BCUT2D eigenvalue weighted by Crippen LogP contribution is 2.34. The first-order valence-corrected chi connectivity index (χ1v) is 13.5. The Morgan fingerprint density at radius 2 is 1.56 bits per heavy atom. The van der Waals surface area contributed by atoms with E-state index in [4.69, 9.17) is 4.74 Å². The third kappa shape index (κ3) is 4.41. The monoisotopic (exact) mass is 483 g/mol. The molecule has 2 saturated heterocycles. The molecule has 0 aliphatic carbocycles. The predicted octanol–water partition coefficient (Wildman–Crippen LogP) is 2.28. The van der Waals surface area contributed by atoms with Crippen LogP contribution in [-0.2, 0) is 20.0 Å². The Bertz CT molecular complexity index is 1180. The van der Waals surface area contributed by atoms with E-state index in [1.54, 1.807) is 18.2 Å². The maximum absolute atomic E-state index is 13.5. The van der Waals surface area contributed by atoms with Crippen molar-refractivity contribution in [3.8, 4) is 5.75 Å². The molecule has 0 unspecified atom stereocenters. The van der Waals surface area contributed by atoms with Crippen molar-refractivity contribution in [2.75, 3.05) is 54.8 Å². The molecule has 174 valence electrons. The van der Waals surface area contributed by atoms with Gasteiger partial charge < -0.3 is 9.64 Å². The first-order valence-electron chi connectivity index (χ1n) is 10.4. The average Bonchev–Trinajstić information content (AvgIpc) is 2.79. The van der Waals surface area contributed by atoms with Gasteiger partial charge in [0.15, 0.2) is 0 Å². The third-order valence-electron chi connectivity index (χ3n) is 5.83. The van der Waals surface area contributed by atoms with Crippen LogP contribution in [0.15, 0.2) is 47.4 Å². The van der Waals surface area contributed by atoms with E-state index in [1.807, 2.05) is 4.90 Å². The topological polar surface area (TPSA) is 87.2 Å². The summed E-state index contributed by atoms with van der Waals surface area (Å²) in [6, 6.07) is 10.6. The van der Waals surface area contributed by atoms with E-state index in [0.717, 1.165) is 12.1 Å². The van der Waals surface area contributed by atoms with Gasteiger partial charge >= 0.3 is 0 Å². The van der Waals surface area contributed by atoms with Crippen LogP contribution >= 0.6 is 0 Å². The zero-order chi connectivity index (χ0) is 22.9. The fourth-order valence-electron chi connectivity index (χ4n) is 4.08. The van der Waals surface area contributed by atoms with Gasteiger partial charge in [0, 0.05) is 38.4 Å². The fourth-order valence-corrected chi connectivity index (χ4v) is 7.31. The number of sulfonamides is 2. The number of hydrogen-bond acceptors (Lipinski definition) is 6. The van der Waals surface area contributed by atoms with E-state index in [1.165, 1.54) is 40.0 Å². The number of ether oxygens (including phenoxy) is 1. The number of hydrogen-bond donors (Lipinski definition) is 0. The summed E-state index contributed by atoms with van der Waals surface area (Å²) < 4.78 is 73.1. The lowest BCUT2D eigenvalue weighted by Crippen LogP contribution is -2.48. The van der Waals surface area contributed by atoms with Crippen molar-refractivity contribution in [3.05, 3.63) is 48.3 Å². The molecule has 2 heterocycles. The highest BCUT2D eigenvalue weighted by Gasteiger charge is 2.33. The summed E-state index contributed by atoms with van der Waals surface area (Å²) in [5.41, 5.74) is 1.16. The molecule has 8 nitrogen and oxygen atoms in total. The first kappa shape index (κ1) is 22.8. The van der Waals surface area contributed by atoms with Crippen molar-refractivity contribution in [1.82, 2.24) is 4.31 Å². The zero-order valence-electron chi connectivity index (χ0n) is 17.8. The summed E-state index contributed by atoms with van der Waals surface area (Å²) in [6.07, 6.45) is 1.32. The normalized spacial score (nSPS) is 19.7. The van der Waals surface area contributed by atoms with E-state index in [0.29, 0.717) is 31.7 Å². The van der Waals surface area contributed by atoms with Crippen LogP contribution in [0.4, 0.5) is 15.8 Å². The minimum atomic E-state index is -3.92. The van der Waals surface area contributed by atoms with Gasteiger partial charge in [-0.1, -0.05) is 0 Å². The molecule has 2 aromatic rings. The van der Waals surface area contributed by atoms with Crippen LogP contribution in [0, 0.1) is 5.82 Å². The summed E-state index contributed by atoms with van der Waals surface area (Å²) >= 11 is 0. The highest BCUT2D eigenvalue weighted by atomic mass is 32.2. The molecule has 0 N–H and O–H groups in total. The van der Waals surface area contributed by atoms with E-state index >= 15 is 0 Å². The maximum Gasteiger partial charge on any atom is 0.246 e. The summed E-state index contributed by atoms with van der Waals surface area (Å²) in [5.74, 6) is -0.103. The van der Waals surface area contributed by atoms with Gasteiger partial charge in [-0.2, -0.15) is 4.31 Å². The van der Waals surface area contributed by atoms with Crippen LogP contribution in [0.2, 0.25) is 0 Å². The lowest BCUT2D eigenvalue weighted by Gasteiger charge is -2.35. The molecule has 0 amide bonds. The van der Waals surface area contributed by atoms with Crippen LogP contribution in [-0.4, -0.2) is 66.7 Å². The highest BCUT2D eigenvalue weighted by molar-refractivity contribution is 7.92. The summed E-state index contributed by atoms with van der Waals surface area (Å²) in [7, 11) is -6.00. The predicted molar refractivity (Wildman–Crippen MR) is 121 cm³/mol. The van der Waals surface area contributed by atoms with Crippen LogP contribution in [0.3, 0.4) is 0 Å². The van der Waals surface area contributed by atoms with Crippen molar-refractivity contribution < 1.29 is 26.0 Å². The quantitative estimate of drug-likeness (QED) is 0.649. The third-order valence-corrected chi connectivity index (χ3v) is 9.62. The molecule has 0 spiro atoms. The number of rotatable bonds is 5. The largest absolute Gasteiger partial charge is 0.495 e. The second kappa shape index (κ2) is 8.87. The molecule has 0 aromatic heterocycles. The summed E-state index contributed by atoms with van der Waals surface area (Å²) in [5, 5.41) is 0. The Morgan fingerprint density at radius 1 is 0.906 bits per heavy atom. The Morgan fingerprint density at radius 3 is 2.19 bits per heavy atom. The van der Waals surface area contributed by atoms with E-state index < -0.39 is 20.0 Å². The van der Waals surface area contributed by atoms with Crippen LogP contribution < -0.4 is 13.9 Å². The van der Waals surface area contributed by atoms with Crippen LogP contribution in [0.1, 0.15) is 12.8 Å². The molecule has 2 aliphatic heterocycles. The van der Waals surface area contributed by atoms with Gasteiger partial charge in [-0.05, 0) is 55.3 Å². The Kier molecular flexibility index (Phi) is 6.33. The van der Waals surface area contributed by atoms with Gasteiger partial charge in [-0.25, -0.2) is 21.2 Å². The van der Waals surface area contributed by atoms with Gasteiger partial charge in [-0.3, -0.25) is 4.31 Å². The maximum atomic E-state index is 13.5. The first-order chi connectivity index (χ1) is 15.2. The smallest absolute Gasteiger partial charge is 0.246 e. The minimum absolute atomic E-state index is 0.0477. The van der Waals surface area contributed by atoms with E-state index in [9.17, 15) is 21.2 Å². The molecule has 2 aromatic carbocycles. The van der Waals surface area contributed by atoms with Crippen molar-refractivity contribution in [2.45, 2.75) is 17.7 Å². The van der Waals surface area contributed by atoms with Gasteiger partial charge in [-0.15, -0.1) is 0 Å². The number of anilines is 2. The Labute approximate surface area is 188 Å². The SMILES string of the molecule is COc1ccc(N2CCCCS2(=O)=O)cc1S(=O)(=O)N1CCN(c2ccc(F)cc2)CC1. The zero-order valence-corrected chi connectivity index (χ0v) is 19.4. The van der Waals surface area contributed by atoms with Crippen molar-refractivity contribution in [1.29, 1.82) is 0 Å². The molecule has 0 saturated carbocycles. The average molecular weight is 484 g/mol. The van der Waals surface area contributed by atoms with Gasteiger partial charge in [0.2, 0.25) is 20.0 Å². The number of methoxy groups -OCH3 is 1. The van der Waals surface area contributed by atoms with Crippen molar-refractivity contribution in [3.63, 3.8) is 0 Å². The minimum Gasteiger partial charge on any atom is -0.495 e. The molecular formula is C21H26FN3O5S2. The number of benzene rings is 2. The molecule has 0 bridgehead atoms. The van der Waals surface area contributed by atoms with Crippen molar-refractivity contribution in [2.24, 2.45) is 0 Å². The molecule has 4 rings (SSSR count). The fraction of sp³-hybridized carbons (Fsp3) is 0.429.